The summed E-state index contributed by atoms with van der Waals surface area (Å²) in [4.78, 5) is 2.98. The number of hydrogen-bond donors (Lipinski definition) is 3. The first-order chi connectivity index (χ1) is 11.0. The maximum absolute atomic E-state index is 12.2. The standard InChI is InChI=1S/C16H19N3O3S/c1-22-14-7-9-15(10-8-14)23(20,21)19-16(17)18-12-11-13-5-3-2-4-6-13/h2-10H,11-12H2,1H3,(H3,17,18,19)/p+1. The van der Waals surface area contributed by atoms with Crippen LogP contribution < -0.4 is 20.2 Å². The average molecular weight is 334 g/mol. The fourth-order valence-electron chi connectivity index (χ4n) is 1.98. The third-order valence-corrected chi connectivity index (χ3v) is 4.57. The molecule has 0 aliphatic carbocycles. The van der Waals surface area contributed by atoms with Crippen molar-refractivity contribution < 1.29 is 18.1 Å². The summed E-state index contributed by atoms with van der Waals surface area (Å²) in [6.07, 6.45) is 0.742. The number of ether oxygens (including phenoxy) is 1. The van der Waals surface area contributed by atoms with Crippen LogP contribution in [0.2, 0.25) is 0 Å². The van der Waals surface area contributed by atoms with E-state index >= 15 is 0 Å². The lowest BCUT2D eigenvalue weighted by Crippen LogP contribution is -2.79. The van der Waals surface area contributed by atoms with Crippen molar-refractivity contribution in [1.29, 1.82) is 0 Å². The van der Waals surface area contributed by atoms with Gasteiger partial charge in [-0.05, 0) is 29.8 Å². The van der Waals surface area contributed by atoms with E-state index in [0.717, 1.165) is 12.0 Å². The molecule has 0 aliphatic rings. The Balaban J connectivity index is 1.97. The molecule has 7 heteroatoms. The summed E-state index contributed by atoms with van der Waals surface area (Å²) in [5, 5.41) is 0. The summed E-state index contributed by atoms with van der Waals surface area (Å²) in [5.41, 5.74) is 6.85. The molecule has 0 saturated carbocycles. The molecule has 0 aliphatic heterocycles. The molecule has 2 rings (SSSR count). The summed E-state index contributed by atoms with van der Waals surface area (Å²) >= 11 is 0. The monoisotopic (exact) mass is 334 g/mol. The summed E-state index contributed by atoms with van der Waals surface area (Å²) < 4.78 is 31.7. The molecule has 2 aromatic carbocycles. The number of sulfonamides is 1. The van der Waals surface area contributed by atoms with Gasteiger partial charge in [-0.25, -0.2) is 0 Å². The van der Waals surface area contributed by atoms with Gasteiger partial charge in [-0.3, -0.25) is 10.7 Å². The van der Waals surface area contributed by atoms with Crippen molar-refractivity contribution >= 4 is 16.0 Å². The van der Waals surface area contributed by atoms with Gasteiger partial charge in [0, 0.05) is 6.42 Å². The van der Waals surface area contributed by atoms with Gasteiger partial charge >= 0.3 is 16.0 Å². The number of methoxy groups -OCH3 is 1. The van der Waals surface area contributed by atoms with Crippen molar-refractivity contribution in [3.8, 4) is 5.75 Å². The minimum atomic E-state index is -3.71. The van der Waals surface area contributed by atoms with Crippen molar-refractivity contribution in [2.75, 3.05) is 13.7 Å². The minimum Gasteiger partial charge on any atom is -0.497 e. The third kappa shape index (κ3) is 5.00. The van der Waals surface area contributed by atoms with Crippen molar-refractivity contribution in [3.63, 3.8) is 0 Å². The fourth-order valence-corrected chi connectivity index (χ4v) is 2.95. The quantitative estimate of drug-likeness (QED) is 0.495. The molecule has 0 heterocycles. The number of rotatable bonds is 6. The van der Waals surface area contributed by atoms with Gasteiger partial charge in [-0.2, -0.15) is 13.1 Å². The van der Waals surface area contributed by atoms with Gasteiger partial charge in [0.15, 0.2) is 0 Å². The molecule has 2 aromatic rings. The molecule has 0 amide bonds. The average Bonchev–Trinajstić information content (AvgIpc) is 2.55. The summed E-state index contributed by atoms with van der Waals surface area (Å²) in [7, 11) is -2.19. The van der Waals surface area contributed by atoms with E-state index in [-0.39, 0.29) is 10.9 Å². The minimum absolute atomic E-state index is 0.00301. The number of nitrogens with one attached hydrogen (secondary N) is 2. The van der Waals surface area contributed by atoms with Crippen LogP contribution in [0.5, 0.6) is 5.75 Å². The van der Waals surface area contributed by atoms with Gasteiger partial charge in [-0.1, -0.05) is 30.3 Å². The number of hydrogen-bond acceptors (Lipinski definition) is 3. The Morgan fingerprint density at radius 3 is 2.39 bits per heavy atom. The molecule has 6 nitrogen and oxygen atoms in total. The highest BCUT2D eigenvalue weighted by atomic mass is 32.2. The Hall–Kier alpha value is -2.54. The highest BCUT2D eigenvalue weighted by Gasteiger charge is 2.19. The molecule has 0 unspecified atom stereocenters. The predicted molar refractivity (Wildman–Crippen MR) is 88.5 cm³/mol. The van der Waals surface area contributed by atoms with E-state index in [0.29, 0.717) is 12.3 Å². The molecule has 0 bridgehead atoms. The molecule has 0 spiro atoms. The summed E-state index contributed by atoms with van der Waals surface area (Å²) in [6, 6.07) is 15.9. The van der Waals surface area contributed by atoms with Gasteiger partial charge in [-0.15, -0.1) is 0 Å². The van der Waals surface area contributed by atoms with E-state index in [9.17, 15) is 8.42 Å². The van der Waals surface area contributed by atoms with Crippen LogP contribution in [0.3, 0.4) is 0 Å². The van der Waals surface area contributed by atoms with Crippen molar-refractivity contribution in [2.24, 2.45) is 5.73 Å². The largest absolute Gasteiger partial charge is 0.497 e. The molecule has 23 heavy (non-hydrogen) atoms. The molecule has 0 radical (unpaired) electrons. The maximum atomic E-state index is 12.2. The third-order valence-electron chi connectivity index (χ3n) is 3.19. The first-order valence-corrected chi connectivity index (χ1v) is 8.56. The van der Waals surface area contributed by atoms with Crippen LogP contribution in [-0.4, -0.2) is 28.0 Å². The van der Waals surface area contributed by atoms with Crippen LogP contribution in [0.4, 0.5) is 0 Å². The van der Waals surface area contributed by atoms with Crippen LogP contribution >= 0.6 is 0 Å². The number of nitrogens with two attached hydrogens (primary N) is 1. The van der Waals surface area contributed by atoms with Gasteiger partial charge in [0.2, 0.25) is 0 Å². The van der Waals surface area contributed by atoms with Crippen LogP contribution in [0.1, 0.15) is 5.56 Å². The summed E-state index contributed by atoms with van der Waals surface area (Å²) in [6.45, 7) is 0.529. The molecule has 0 fully saturated rings. The van der Waals surface area contributed by atoms with Crippen LogP contribution in [0.25, 0.3) is 0 Å². The second-order valence-electron chi connectivity index (χ2n) is 4.86. The van der Waals surface area contributed by atoms with E-state index in [4.69, 9.17) is 10.5 Å². The van der Waals surface area contributed by atoms with E-state index in [1.807, 2.05) is 30.3 Å². The second kappa shape index (κ2) is 7.64. The molecule has 0 aromatic heterocycles. The van der Waals surface area contributed by atoms with E-state index < -0.39 is 10.0 Å². The maximum Gasteiger partial charge on any atom is 0.356 e. The van der Waals surface area contributed by atoms with Gasteiger partial charge in [0.25, 0.3) is 0 Å². The molecule has 122 valence electrons. The van der Waals surface area contributed by atoms with E-state index in [1.165, 1.54) is 19.2 Å². The lowest BCUT2D eigenvalue weighted by atomic mass is 10.2. The first kappa shape index (κ1) is 16.8. The van der Waals surface area contributed by atoms with Crippen LogP contribution in [-0.2, 0) is 16.4 Å². The number of guanidine groups is 1. The lowest BCUT2D eigenvalue weighted by molar-refractivity contribution is -0.459. The van der Waals surface area contributed by atoms with Crippen molar-refractivity contribution in [2.45, 2.75) is 11.3 Å². The Morgan fingerprint density at radius 2 is 1.78 bits per heavy atom. The van der Waals surface area contributed by atoms with E-state index in [1.54, 1.807) is 12.1 Å². The zero-order valence-corrected chi connectivity index (χ0v) is 13.6. The van der Waals surface area contributed by atoms with Crippen LogP contribution in [0.15, 0.2) is 59.5 Å². The first-order valence-electron chi connectivity index (χ1n) is 7.08. The van der Waals surface area contributed by atoms with E-state index in [2.05, 4.69) is 9.71 Å². The predicted octanol–water partition coefficient (Wildman–Crippen LogP) is -0.388. The van der Waals surface area contributed by atoms with Crippen molar-refractivity contribution in [1.82, 2.24) is 4.72 Å². The zero-order valence-electron chi connectivity index (χ0n) is 12.8. The summed E-state index contributed by atoms with van der Waals surface area (Å²) in [5.74, 6) is 0.582. The molecule has 0 saturated heterocycles. The Morgan fingerprint density at radius 1 is 1.13 bits per heavy atom. The smallest absolute Gasteiger partial charge is 0.356 e. The highest BCUT2D eigenvalue weighted by molar-refractivity contribution is 7.90. The van der Waals surface area contributed by atoms with Gasteiger partial charge < -0.3 is 4.74 Å². The Labute approximate surface area is 136 Å². The van der Waals surface area contributed by atoms with Gasteiger partial charge in [0.05, 0.1) is 13.7 Å². The number of benzene rings is 2. The molecule has 4 N–H and O–H groups in total. The topological polar surface area (TPSA) is 95.4 Å². The second-order valence-corrected chi connectivity index (χ2v) is 6.54. The van der Waals surface area contributed by atoms with Gasteiger partial charge in [0.1, 0.15) is 10.6 Å². The fraction of sp³-hybridized carbons (Fsp3) is 0.188. The molecule has 0 atom stereocenters. The van der Waals surface area contributed by atoms with Crippen LogP contribution in [0, 0.1) is 0 Å². The van der Waals surface area contributed by atoms with Crippen molar-refractivity contribution in [3.05, 3.63) is 60.2 Å². The lowest BCUT2D eigenvalue weighted by Gasteiger charge is -2.04. The Bertz CT molecular complexity index is 757. The molecular formula is C16H20N3O3S+. The highest BCUT2D eigenvalue weighted by Crippen LogP contribution is 2.14. The molecular weight excluding hydrogens is 314 g/mol. The SMILES string of the molecule is COc1ccc(S(=O)(=O)NC(N)=[NH+]CCc2ccccc2)cc1. The normalized spacial score (nSPS) is 12.0. The Kier molecular flexibility index (Phi) is 5.59. The zero-order chi connectivity index (χ0) is 16.7.